The average Bonchev–Trinajstić information content (AvgIpc) is 3.62. The van der Waals surface area contributed by atoms with Crippen LogP contribution in [0, 0.1) is 22.0 Å². The standard InChI is InChI=1S/C39H25BrN2O5/c40-28-21-22-29(30(23-28)42(46)47)41-35(43)33-34(36(41)44)39(27-19-11-4-12-20-27)32(25-15-7-2-8-16-25)31(24-13-5-1-6-14-24)38(33,37(39)45)26-17-9-3-10-18-26/h1-23,33-34H/t33-,34-,38-,39-/m1/s1. The first-order chi connectivity index (χ1) is 22.8. The molecule has 1 saturated heterocycles. The summed E-state index contributed by atoms with van der Waals surface area (Å²) in [4.78, 5) is 58.6. The van der Waals surface area contributed by atoms with E-state index in [4.69, 9.17) is 0 Å². The third-order valence-electron chi connectivity index (χ3n) is 9.95. The van der Waals surface area contributed by atoms with Gasteiger partial charge in [-0.3, -0.25) is 24.5 Å². The molecule has 47 heavy (non-hydrogen) atoms. The number of hydrogen-bond acceptors (Lipinski definition) is 5. The minimum Gasteiger partial charge on any atom is -0.297 e. The Morgan fingerprint density at radius 3 is 1.40 bits per heavy atom. The van der Waals surface area contributed by atoms with E-state index in [9.17, 15) is 10.1 Å². The molecular weight excluding hydrogens is 656 g/mol. The summed E-state index contributed by atoms with van der Waals surface area (Å²) in [6, 6.07) is 41.8. The van der Waals surface area contributed by atoms with Crippen molar-refractivity contribution < 1.29 is 19.3 Å². The Kier molecular flexibility index (Phi) is 6.49. The van der Waals surface area contributed by atoms with E-state index in [0.29, 0.717) is 26.7 Å². The first-order valence-corrected chi connectivity index (χ1v) is 16.0. The van der Waals surface area contributed by atoms with Gasteiger partial charge in [0, 0.05) is 10.5 Å². The number of carbonyl (C=O) groups excluding carboxylic acids is 3. The molecule has 5 aromatic carbocycles. The molecule has 2 bridgehead atoms. The van der Waals surface area contributed by atoms with Gasteiger partial charge in [-0.25, -0.2) is 4.90 Å². The molecule has 228 valence electrons. The van der Waals surface area contributed by atoms with E-state index in [2.05, 4.69) is 15.9 Å². The zero-order chi connectivity index (χ0) is 32.5. The second-order valence-corrected chi connectivity index (χ2v) is 12.9. The van der Waals surface area contributed by atoms with Crippen LogP contribution >= 0.6 is 15.9 Å². The van der Waals surface area contributed by atoms with Gasteiger partial charge in [-0.2, -0.15) is 0 Å². The van der Waals surface area contributed by atoms with Gasteiger partial charge < -0.3 is 0 Å². The van der Waals surface area contributed by atoms with Crippen molar-refractivity contribution in [3.8, 4) is 0 Å². The summed E-state index contributed by atoms with van der Waals surface area (Å²) in [5.41, 5.74) is 0.357. The topological polar surface area (TPSA) is 97.6 Å². The first-order valence-electron chi connectivity index (χ1n) is 15.2. The predicted octanol–water partition coefficient (Wildman–Crippen LogP) is 7.55. The first kappa shape index (κ1) is 29.0. The van der Waals surface area contributed by atoms with Crippen LogP contribution in [0.2, 0.25) is 0 Å². The number of nitro groups is 1. The lowest BCUT2D eigenvalue weighted by atomic mass is 9.59. The maximum atomic E-state index is 15.9. The van der Waals surface area contributed by atoms with Gasteiger partial charge in [0.05, 0.1) is 27.6 Å². The van der Waals surface area contributed by atoms with E-state index < -0.39 is 39.4 Å². The van der Waals surface area contributed by atoms with Crippen molar-refractivity contribution in [3.05, 3.63) is 176 Å². The van der Waals surface area contributed by atoms with Gasteiger partial charge in [0.2, 0.25) is 11.8 Å². The van der Waals surface area contributed by atoms with Crippen LogP contribution in [0.25, 0.3) is 11.1 Å². The van der Waals surface area contributed by atoms with E-state index in [1.807, 2.05) is 121 Å². The normalized spacial score (nSPS) is 24.6. The highest BCUT2D eigenvalue weighted by atomic mass is 79.9. The van der Waals surface area contributed by atoms with Gasteiger partial charge in [0.1, 0.15) is 5.69 Å². The Balaban J connectivity index is 1.55. The Hall–Kier alpha value is -5.47. The number of ketones is 1. The molecule has 2 fully saturated rings. The van der Waals surface area contributed by atoms with E-state index in [1.54, 1.807) is 6.07 Å². The SMILES string of the molecule is O=C1[C@H]2[C@H](C(=O)N1c1ccc(Br)cc1[N+](=O)[O-])[C@]1(c3ccccc3)C(=O)[C@]2(c2ccccc2)C(c2ccccc2)=C1c1ccccc1. The van der Waals surface area contributed by atoms with Crippen LogP contribution in [0.5, 0.6) is 0 Å². The predicted molar refractivity (Wildman–Crippen MR) is 181 cm³/mol. The molecule has 0 radical (unpaired) electrons. The number of anilines is 1. The van der Waals surface area contributed by atoms with Gasteiger partial charge in [-0.1, -0.05) is 137 Å². The zero-order valence-electron chi connectivity index (χ0n) is 24.7. The molecule has 3 aliphatic rings. The van der Waals surface area contributed by atoms with Crippen molar-refractivity contribution in [2.24, 2.45) is 11.8 Å². The largest absolute Gasteiger partial charge is 0.297 e. The minimum absolute atomic E-state index is 0.122. The van der Waals surface area contributed by atoms with Crippen LogP contribution in [0.4, 0.5) is 11.4 Å². The van der Waals surface area contributed by atoms with Gasteiger partial charge in [0.15, 0.2) is 5.78 Å². The molecule has 7 nitrogen and oxygen atoms in total. The fourth-order valence-corrected chi connectivity index (χ4v) is 8.75. The number of nitrogens with zero attached hydrogens (tertiary/aromatic N) is 2. The number of rotatable bonds is 6. The number of hydrogen-bond donors (Lipinski definition) is 0. The number of benzene rings is 5. The molecule has 0 aromatic heterocycles. The number of fused-ring (bicyclic) bond motifs is 5. The Morgan fingerprint density at radius 1 is 0.596 bits per heavy atom. The maximum absolute atomic E-state index is 15.9. The smallest absolute Gasteiger partial charge is 0.294 e. The average molecular weight is 682 g/mol. The number of halogens is 1. The monoisotopic (exact) mass is 680 g/mol. The molecule has 1 heterocycles. The summed E-state index contributed by atoms with van der Waals surface area (Å²) >= 11 is 3.29. The molecule has 5 aromatic rings. The quantitative estimate of drug-likeness (QED) is 0.105. The van der Waals surface area contributed by atoms with Crippen LogP contribution in [0.15, 0.2) is 144 Å². The molecule has 0 spiro atoms. The third-order valence-corrected chi connectivity index (χ3v) is 10.4. The number of imide groups is 1. The Bertz CT molecular complexity index is 2030. The molecule has 0 unspecified atom stereocenters. The molecule has 8 rings (SSSR count). The summed E-state index contributed by atoms with van der Waals surface area (Å²) in [6.45, 7) is 0. The molecular formula is C39H25BrN2O5. The van der Waals surface area contributed by atoms with Crippen molar-refractivity contribution in [3.63, 3.8) is 0 Å². The molecule has 2 aliphatic carbocycles. The Labute approximate surface area is 278 Å². The highest BCUT2D eigenvalue weighted by molar-refractivity contribution is 9.10. The summed E-state index contributed by atoms with van der Waals surface area (Å²) in [5, 5.41) is 12.3. The van der Waals surface area contributed by atoms with E-state index in [1.165, 1.54) is 12.1 Å². The summed E-state index contributed by atoms with van der Waals surface area (Å²) in [6.07, 6.45) is 0. The van der Waals surface area contributed by atoms with Gasteiger partial charge >= 0.3 is 0 Å². The molecule has 0 N–H and O–H groups in total. The molecule has 1 saturated carbocycles. The molecule has 1 aliphatic heterocycles. The molecule has 8 heteroatoms. The van der Waals surface area contributed by atoms with Crippen molar-refractivity contribution in [2.75, 3.05) is 4.90 Å². The highest BCUT2D eigenvalue weighted by Crippen LogP contribution is 2.74. The second kappa shape index (κ2) is 10.5. The number of nitro benzene ring substituents is 1. The second-order valence-electron chi connectivity index (χ2n) is 12.0. The van der Waals surface area contributed by atoms with E-state index in [-0.39, 0.29) is 17.2 Å². The van der Waals surface area contributed by atoms with Gasteiger partial charge in [-0.15, -0.1) is 0 Å². The van der Waals surface area contributed by atoms with Crippen molar-refractivity contribution in [2.45, 2.75) is 10.8 Å². The summed E-state index contributed by atoms with van der Waals surface area (Å²) < 4.78 is 0.434. The number of amides is 2. The van der Waals surface area contributed by atoms with Crippen LogP contribution in [-0.2, 0) is 25.2 Å². The van der Waals surface area contributed by atoms with Crippen molar-refractivity contribution in [1.29, 1.82) is 0 Å². The lowest BCUT2D eigenvalue weighted by molar-refractivity contribution is -0.384. The Morgan fingerprint density at radius 2 is 1.00 bits per heavy atom. The van der Waals surface area contributed by atoms with Crippen LogP contribution in [-0.4, -0.2) is 22.5 Å². The zero-order valence-corrected chi connectivity index (χ0v) is 26.3. The van der Waals surface area contributed by atoms with Crippen LogP contribution in [0.1, 0.15) is 22.3 Å². The summed E-state index contributed by atoms with van der Waals surface area (Å²) in [5.74, 6) is -3.87. The number of allylic oxidation sites excluding steroid dienone is 2. The van der Waals surface area contributed by atoms with Gasteiger partial charge in [-0.05, 0) is 45.5 Å². The van der Waals surface area contributed by atoms with Crippen LogP contribution in [0.3, 0.4) is 0 Å². The minimum atomic E-state index is -1.58. The maximum Gasteiger partial charge on any atom is 0.294 e. The third kappa shape index (κ3) is 3.70. The lowest BCUT2D eigenvalue weighted by Crippen LogP contribution is -2.45. The highest BCUT2D eigenvalue weighted by Gasteiger charge is 2.83. The van der Waals surface area contributed by atoms with Gasteiger partial charge in [0.25, 0.3) is 5.69 Å². The van der Waals surface area contributed by atoms with Crippen LogP contribution < -0.4 is 4.90 Å². The number of carbonyl (C=O) groups is 3. The van der Waals surface area contributed by atoms with Crippen molar-refractivity contribution >= 4 is 56.0 Å². The summed E-state index contributed by atoms with van der Waals surface area (Å²) in [7, 11) is 0. The lowest BCUT2D eigenvalue weighted by Gasteiger charge is -2.39. The molecule has 2 amide bonds. The fraction of sp³-hybridized carbons (Fsp3) is 0.103. The molecule has 4 atom stereocenters. The number of Topliss-reactive ketones (excluding diaryl/α,β-unsaturated/α-hetero) is 1. The van der Waals surface area contributed by atoms with E-state index in [0.717, 1.165) is 16.0 Å². The van der Waals surface area contributed by atoms with Crippen molar-refractivity contribution in [1.82, 2.24) is 0 Å². The van der Waals surface area contributed by atoms with E-state index >= 15 is 14.4 Å². The fourth-order valence-electron chi connectivity index (χ4n) is 8.40.